The fourth-order valence-electron chi connectivity index (χ4n) is 2.99. The normalized spacial score (nSPS) is 13.1. The molecule has 0 saturated heterocycles. The van der Waals surface area contributed by atoms with Crippen molar-refractivity contribution in [3.05, 3.63) is 70.2 Å². The van der Waals surface area contributed by atoms with E-state index in [-0.39, 0.29) is 0 Å². The van der Waals surface area contributed by atoms with E-state index in [9.17, 15) is 9.59 Å². The number of halogens is 1. The first-order chi connectivity index (χ1) is 11.6. The third-order valence-electron chi connectivity index (χ3n) is 4.15. The van der Waals surface area contributed by atoms with Crippen LogP contribution in [0.2, 0.25) is 5.02 Å². The minimum absolute atomic E-state index is 0.296. The van der Waals surface area contributed by atoms with Crippen LogP contribution in [0, 0.1) is 6.92 Å². The van der Waals surface area contributed by atoms with Gasteiger partial charge in [0, 0.05) is 11.1 Å². The Kier molecular flexibility index (Phi) is 3.28. The average molecular weight is 337 g/mol. The predicted molar refractivity (Wildman–Crippen MR) is 95.2 cm³/mol. The van der Waals surface area contributed by atoms with Crippen molar-refractivity contribution in [2.45, 2.75) is 6.92 Å². The number of aryl methyl sites for hydroxylation is 1. The van der Waals surface area contributed by atoms with Crippen LogP contribution in [0.25, 0.3) is 10.8 Å². The van der Waals surface area contributed by atoms with Gasteiger partial charge in [-0.25, -0.2) is 0 Å². The van der Waals surface area contributed by atoms with Gasteiger partial charge in [0.05, 0.1) is 21.8 Å². The number of carbonyl (C=O) groups excluding carboxylic acids is 2. The van der Waals surface area contributed by atoms with Gasteiger partial charge in [0.15, 0.2) is 0 Å². The molecule has 0 bridgehead atoms. The lowest BCUT2D eigenvalue weighted by Crippen LogP contribution is -2.20. The Morgan fingerprint density at radius 2 is 1.50 bits per heavy atom. The molecular formula is C19H13ClN2O2. The fourth-order valence-corrected chi connectivity index (χ4v) is 3.29. The summed E-state index contributed by atoms with van der Waals surface area (Å²) in [7, 11) is 0. The third-order valence-corrected chi connectivity index (χ3v) is 4.55. The number of nitrogens with one attached hydrogen (secondary N) is 2. The van der Waals surface area contributed by atoms with Crippen molar-refractivity contribution in [2.75, 3.05) is 5.32 Å². The van der Waals surface area contributed by atoms with Crippen LogP contribution < -0.4 is 10.6 Å². The van der Waals surface area contributed by atoms with Gasteiger partial charge in [0.1, 0.15) is 0 Å². The van der Waals surface area contributed by atoms with Crippen LogP contribution in [0.3, 0.4) is 0 Å². The molecule has 118 valence electrons. The molecule has 0 atom stereocenters. The summed E-state index contributed by atoms with van der Waals surface area (Å²) in [4.78, 5) is 24.6. The summed E-state index contributed by atoms with van der Waals surface area (Å²) >= 11 is 6.57. The molecule has 1 aliphatic heterocycles. The van der Waals surface area contributed by atoms with Crippen LogP contribution >= 0.6 is 11.6 Å². The predicted octanol–water partition coefficient (Wildman–Crippen LogP) is 4.43. The largest absolute Gasteiger partial charge is 0.354 e. The summed E-state index contributed by atoms with van der Waals surface area (Å²) in [5, 5.41) is 7.39. The highest BCUT2D eigenvalue weighted by Crippen LogP contribution is 2.41. The summed E-state index contributed by atoms with van der Waals surface area (Å²) < 4.78 is 0. The monoisotopic (exact) mass is 336 g/mol. The minimum atomic E-state index is -0.433. The Bertz CT molecular complexity index is 1010. The van der Waals surface area contributed by atoms with E-state index in [1.807, 2.05) is 49.4 Å². The zero-order valence-electron chi connectivity index (χ0n) is 12.8. The minimum Gasteiger partial charge on any atom is -0.354 e. The fraction of sp³-hybridized carbons (Fsp3) is 0.0526. The number of anilines is 2. The zero-order chi connectivity index (χ0) is 16.8. The number of carbonyl (C=O) groups is 2. The number of benzene rings is 3. The van der Waals surface area contributed by atoms with Crippen molar-refractivity contribution in [3.8, 4) is 0 Å². The Morgan fingerprint density at radius 1 is 0.875 bits per heavy atom. The van der Waals surface area contributed by atoms with Gasteiger partial charge in [0.25, 0.3) is 11.8 Å². The van der Waals surface area contributed by atoms with Gasteiger partial charge in [0.2, 0.25) is 0 Å². The molecule has 24 heavy (non-hydrogen) atoms. The lowest BCUT2D eigenvalue weighted by atomic mass is 9.98. The second-order valence-corrected chi connectivity index (χ2v) is 6.14. The van der Waals surface area contributed by atoms with E-state index in [2.05, 4.69) is 10.6 Å². The molecule has 4 rings (SSSR count). The molecule has 2 N–H and O–H groups in total. The van der Waals surface area contributed by atoms with Crippen molar-refractivity contribution in [1.82, 2.24) is 5.32 Å². The first-order valence-corrected chi connectivity index (χ1v) is 7.87. The van der Waals surface area contributed by atoms with Gasteiger partial charge < -0.3 is 5.32 Å². The number of amides is 2. The molecule has 1 aliphatic rings. The highest BCUT2D eigenvalue weighted by atomic mass is 35.5. The molecule has 3 aromatic carbocycles. The molecule has 1 heterocycles. The summed E-state index contributed by atoms with van der Waals surface area (Å²) in [5.74, 6) is -0.827. The Hall–Kier alpha value is -2.85. The van der Waals surface area contributed by atoms with E-state index >= 15 is 0 Å². The molecule has 0 aliphatic carbocycles. The molecule has 0 radical (unpaired) electrons. The third kappa shape index (κ3) is 2.15. The molecule has 0 unspecified atom stereocenters. The summed E-state index contributed by atoms with van der Waals surface area (Å²) in [6.07, 6.45) is 0. The molecule has 4 nitrogen and oxygen atoms in total. The Labute approximate surface area is 143 Å². The number of fused-ring (bicyclic) bond motifs is 3. The second kappa shape index (κ2) is 5.35. The van der Waals surface area contributed by atoms with Crippen LogP contribution in [-0.2, 0) is 0 Å². The van der Waals surface area contributed by atoms with Gasteiger partial charge in [-0.3, -0.25) is 14.9 Å². The van der Waals surface area contributed by atoms with Gasteiger partial charge in [-0.1, -0.05) is 53.6 Å². The average Bonchev–Trinajstić information content (AvgIpc) is 2.88. The topological polar surface area (TPSA) is 58.2 Å². The van der Waals surface area contributed by atoms with Gasteiger partial charge in [-0.2, -0.15) is 0 Å². The quantitative estimate of drug-likeness (QED) is 0.681. The number of imide groups is 1. The molecule has 2 amide bonds. The van der Waals surface area contributed by atoms with Crippen molar-refractivity contribution >= 4 is 45.6 Å². The first-order valence-electron chi connectivity index (χ1n) is 7.50. The SMILES string of the molecule is Cc1ccc(Nc2c3c(c4ccccc4c2Cl)C(=O)NC3=O)cc1. The smallest absolute Gasteiger partial charge is 0.261 e. The maximum absolute atomic E-state index is 12.3. The van der Waals surface area contributed by atoms with Crippen LogP contribution in [0.15, 0.2) is 48.5 Å². The van der Waals surface area contributed by atoms with Crippen molar-refractivity contribution < 1.29 is 9.59 Å². The van der Waals surface area contributed by atoms with Crippen LogP contribution in [0.5, 0.6) is 0 Å². The standard InChI is InChI=1S/C19H13ClN2O2/c1-10-6-8-11(9-7-10)21-17-15-14(18(23)22-19(15)24)12-4-2-3-5-13(12)16(17)20/h2-9,21H,1H3,(H,22,23,24). The van der Waals surface area contributed by atoms with E-state index in [0.717, 1.165) is 16.6 Å². The molecule has 0 aromatic heterocycles. The van der Waals surface area contributed by atoms with E-state index in [0.29, 0.717) is 27.2 Å². The van der Waals surface area contributed by atoms with E-state index in [1.165, 1.54) is 0 Å². The molecular weight excluding hydrogens is 324 g/mol. The number of hydrogen-bond acceptors (Lipinski definition) is 3. The second-order valence-electron chi connectivity index (χ2n) is 5.76. The maximum Gasteiger partial charge on any atom is 0.261 e. The number of hydrogen-bond donors (Lipinski definition) is 2. The zero-order valence-corrected chi connectivity index (χ0v) is 13.6. The highest BCUT2D eigenvalue weighted by Gasteiger charge is 2.33. The number of rotatable bonds is 2. The lowest BCUT2D eigenvalue weighted by Gasteiger charge is -2.15. The Morgan fingerprint density at radius 3 is 2.21 bits per heavy atom. The molecule has 0 spiro atoms. The molecule has 5 heteroatoms. The van der Waals surface area contributed by atoms with Gasteiger partial charge >= 0.3 is 0 Å². The van der Waals surface area contributed by atoms with E-state index < -0.39 is 11.8 Å². The summed E-state index contributed by atoms with van der Waals surface area (Å²) in [6.45, 7) is 2.00. The van der Waals surface area contributed by atoms with Crippen molar-refractivity contribution in [2.24, 2.45) is 0 Å². The summed E-state index contributed by atoms with van der Waals surface area (Å²) in [5.41, 5.74) is 3.05. The van der Waals surface area contributed by atoms with Crippen molar-refractivity contribution in [1.29, 1.82) is 0 Å². The summed E-state index contributed by atoms with van der Waals surface area (Å²) in [6, 6.07) is 15.0. The van der Waals surface area contributed by atoms with Gasteiger partial charge in [-0.15, -0.1) is 0 Å². The van der Waals surface area contributed by atoms with E-state index in [4.69, 9.17) is 11.6 Å². The molecule has 3 aromatic rings. The maximum atomic E-state index is 12.3. The lowest BCUT2D eigenvalue weighted by molar-refractivity contribution is 0.0880. The van der Waals surface area contributed by atoms with E-state index in [1.54, 1.807) is 6.07 Å². The molecule has 0 saturated carbocycles. The Balaban J connectivity index is 2.00. The van der Waals surface area contributed by atoms with Crippen molar-refractivity contribution in [3.63, 3.8) is 0 Å². The van der Waals surface area contributed by atoms with Crippen LogP contribution in [0.1, 0.15) is 26.3 Å². The van der Waals surface area contributed by atoms with Crippen LogP contribution in [-0.4, -0.2) is 11.8 Å². The highest BCUT2D eigenvalue weighted by molar-refractivity contribution is 6.42. The van der Waals surface area contributed by atoms with Crippen LogP contribution in [0.4, 0.5) is 11.4 Å². The first kappa shape index (κ1) is 14.7. The molecule has 0 fully saturated rings. The van der Waals surface area contributed by atoms with Gasteiger partial charge in [-0.05, 0) is 24.4 Å².